The van der Waals surface area contributed by atoms with E-state index in [0.717, 1.165) is 12.1 Å². The second-order valence-corrected chi connectivity index (χ2v) is 4.23. The molecule has 2 aromatic rings. The molecule has 0 fully saturated rings. The highest BCUT2D eigenvalue weighted by molar-refractivity contribution is 7.86. The van der Waals surface area contributed by atoms with E-state index >= 15 is 0 Å². The minimum absolute atomic E-state index is 0.0833. The van der Waals surface area contributed by atoms with Crippen LogP contribution in [0.3, 0.4) is 0 Å². The fourth-order valence-electron chi connectivity index (χ4n) is 1.26. The molecule has 1 heterocycles. The van der Waals surface area contributed by atoms with Crippen molar-refractivity contribution < 1.29 is 18.1 Å². The molecule has 6 nitrogen and oxygen atoms in total. The van der Waals surface area contributed by atoms with Gasteiger partial charge in [-0.25, -0.2) is 9.97 Å². The molecule has 0 saturated carbocycles. The topological polar surface area (TPSA) is 100 Å². The van der Waals surface area contributed by atoms with E-state index in [1.807, 2.05) is 0 Å². The van der Waals surface area contributed by atoms with Gasteiger partial charge in [-0.3, -0.25) is 4.55 Å². The van der Waals surface area contributed by atoms with E-state index in [-0.39, 0.29) is 21.5 Å². The molecule has 1 aromatic heterocycles. The number of rotatable bonds is 1. The molecule has 0 spiro atoms. The molecular formula is C8H6N2O4S. The normalized spacial score (nSPS) is 11.8. The first-order chi connectivity index (χ1) is 7.00. The van der Waals surface area contributed by atoms with Crippen molar-refractivity contribution in [3.05, 3.63) is 24.7 Å². The highest BCUT2D eigenvalue weighted by atomic mass is 32.2. The van der Waals surface area contributed by atoms with Crippen LogP contribution in [0.5, 0.6) is 5.75 Å². The highest BCUT2D eigenvalue weighted by Gasteiger charge is 2.16. The van der Waals surface area contributed by atoms with Crippen molar-refractivity contribution >= 4 is 21.0 Å². The number of benzene rings is 1. The van der Waals surface area contributed by atoms with Crippen LogP contribution in [0.15, 0.2) is 29.6 Å². The van der Waals surface area contributed by atoms with E-state index in [4.69, 9.17) is 4.55 Å². The monoisotopic (exact) mass is 226 g/mol. The third-order valence-corrected chi connectivity index (χ3v) is 2.80. The number of nitrogens with zero attached hydrogens (tertiary/aromatic N) is 2. The fourth-order valence-corrected chi connectivity index (χ4v) is 1.93. The Morgan fingerprint density at radius 1 is 1.27 bits per heavy atom. The molecular weight excluding hydrogens is 220 g/mol. The highest BCUT2D eigenvalue weighted by Crippen LogP contribution is 2.27. The molecule has 15 heavy (non-hydrogen) atoms. The predicted octanol–water partition coefficient (Wildman–Crippen LogP) is 0.582. The predicted molar refractivity (Wildman–Crippen MR) is 51.0 cm³/mol. The van der Waals surface area contributed by atoms with Crippen LogP contribution in [0.4, 0.5) is 0 Å². The molecule has 0 aliphatic rings. The summed E-state index contributed by atoms with van der Waals surface area (Å²) in [5.41, 5.74) is 0.0834. The summed E-state index contributed by atoms with van der Waals surface area (Å²) >= 11 is 0. The number of aromatic nitrogens is 2. The van der Waals surface area contributed by atoms with Gasteiger partial charge in [-0.1, -0.05) is 0 Å². The summed E-state index contributed by atoms with van der Waals surface area (Å²) < 4.78 is 30.9. The van der Waals surface area contributed by atoms with Gasteiger partial charge in [0.2, 0.25) is 0 Å². The smallest absolute Gasteiger partial charge is 0.295 e. The SMILES string of the molecule is O=S(=O)(O)c1ccc(O)c2ncncc12. The van der Waals surface area contributed by atoms with E-state index in [1.165, 1.54) is 12.5 Å². The van der Waals surface area contributed by atoms with E-state index in [2.05, 4.69) is 9.97 Å². The van der Waals surface area contributed by atoms with Crippen molar-refractivity contribution in [3.63, 3.8) is 0 Å². The number of hydrogen-bond donors (Lipinski definition) is 2. The Hall–Kier alpha value is -1.73. The molecule has 78 valence electrons. The lowest BCUT2D eigenvalue weighted by Gasteiger charge is -2.03. The summed E-state index contributed by atoms with van der Waals surface area (Å²) in [4.78, 5) is 7.03. The minimum Gasteiger partial charge on any atom is -0.506 e. The number of phenolic OH excluding ortho intramolecular Hbond substituents is 1. The van der Waals surface area contributed by atoms with Crippen molar-refractivity contribution in [2.24, 2.45) is 0 Å². The molecule has 2 N–H and O–H groups in total. The van der Waals surface area contributed by atoms with Crippen molar-refractivity contribution in [2.45, 2.75) is 4.90 Å². The Bertz CT molecular complexity index is 624. The van der Waals surface area contributed by atoms with Crippen molar-refractivity contribution in [3.8, 4) is 5.75 Å². The van der Waals surface area contributed by atoms with Gasteiger partial charge in [-0.2, -0.15) is 8.42 Å². The Morgan fingerprint density at radius 2 is 2.00 bits per heavy atom. The first-order valence-electron chi connectivity index (χ1n) is 3.89. The summed E-state index contributed by atoms with van der Waals surface area (Å²) in [6.45, 7) is 0. The molecule has 0 radical (unpaired) electrons. The molecule has 0 saturated heterocycles. The maximum absolute atomic E-state index is 11.0. The van der Waals surface area contributed by atoms with Crippen LogP contribution in [-0.2, 0) is 10.1 Å². The van der Waals surface area contributed by atoms with Crippen molar-refractivity contribution in [1.29, 1.82) is 0 Å². The Kier molecular flexibility index (Phi) is 2.06. The molecule has 2 rings (SSSR count). The van der Waals surface area contributed by atoms with Gasteiger partial charge in [0.15, 0.2) is 0 Å². The lowest BCUT2D eigenvalue weighted by atomic mass is 10.2. The molecule has 1 aromatic carbocycles. The summed E-state index contributed by atoms with van der Waals surface area (Å²) in [6, 6.07) is 2.24. The van der Waals surface area contributed by atoms with Crippen LogP contribution in [0.1, 0.15) is 0 Å². The van der Waals surface area contributed by atoms with Crippen LogP contribution in [0.25, 0.3) is 10.9 Å². The maximum atomic E-state index is 11.0. The molecule has 7 heteroatoms. The largest absolute Gasteiger partial charge is 0.506 e. The van der Waals surface area contributed by atoms with Gasteiger partial charge in [0, 0.05) is 11.6 Å². The van der Waals surface area contributed by atoms with Crippen LogP contribution in [0, 0.1) is 0 Å². The zero-order valence-electron chi connectivity index (χ0n) is 7.32. The standard InChI is InChI=1S/C8H6N2O4S/c11-6-1-2-7(15(12,13)14)5-3-9-4-10-8(5)6/h1-4,11H,(H,12,13,14). The van der Waals surface area contributed by atoms with Crippen LogP contribution in [-0.4, -0.2) is 28.0 Å². The van der Waals surface area contributed by atoms with Gasteiger partial charge in [0.1, 0.15) is 22.5 Å². The van der Waals surface area contributed by atoms with E-state index in [9.17, 15) is 13.5 Å². The maximum Gasteiger partial charge on any atom is 0.295 e. The Balaban J connectivity index is 2.96. The molecule has 0 bridgehead atoms. The molecule has 0 unspecified atom stereocenters. The van der Waals surface area contributed by atoms with Gasteiger partial charge in [-0.05, 0) is 12.1 Å². The zero-order chi connectivity index (χ0) is 11.1. The van der Waals surface area contributed by atoms with Crippen LogP contribution in [0.2, 0.25) is 0 Å². The second-order valence-electron chi connectivity index (χ2n) is 2.84. The molecule has 0 aliphatic carbocycles. The van der Waals surface area contributed by atoms with Gasteiger partial charge in [-0.15, -0.1) is 0 Å². The number of fused-ring (bicyclic) bond motifs is 1. The van der Waals surface area contributed by atoms with Crippen LogP contribution < -0.4 is 0 Å². The zero-order valence-corrected chi connectivity index (χ0v) is 8.14. The van der Waals surface area contributed by atoms with Gasteiger partial charge < -0.3 is 5.11 Å². The molecule has 0 aliphatic heterocycles. The summed E-state index contributed by atoms with van der Waals surface area (Å²) in [5.74, 6) is -0.167. The van der Waals surface area contributed by atoms with E-state index in [0.29, 0.717) is 0 Å². The third-order valence-electron chi connectivity index (χ3n) is 1.89. The van der Waals surface area contributed by atoms with Gasteiger partial charge >= 0.3 is 0 Å². The molecule has 0 atom stereocenters. The van der Waals surface area contributed by atoms with Gasteiger partial charge in [0.25, 0.3) is 10.1 Å². The fraction of sp³-hybridized carbons (Fsp3) is 0. The quantitative estimate of drug-likeness (QED) is 0.690. The Morgan fingerprint density at radius 3 is 2.67 bits per heavy atom. The Labute approximate surface area is 85.0 Å². The number of hydrogen-bond acceptors (Lipinski definition) is 5. The minimum atomic E-state index is -4.34. The lowest BCUT2D eigenvalue weighted by Crippen LogP contribution is -1.99. The van der Waals surface area contributed by atoms with Crippen LogP contribution >= 0.6 is 0 Å². The first kappa shape index (κ1) is 9.81. The lowest BCUT2D eigenvalue weighted by molar-refractivity contribution is 0.478. The second kappa shape index (κ2) is 3.14. The average Bonchev–Trinajstić information content (AvgIpc) is 2.17. The summed E-state index contributed by atoms with van der Waals surface area (Å²) in [5, 5.41) is 9.48. The third kappa shape index (κ3) is 1.62. The van der Waals surface area contributed by atoms with E-state index in [1.54, 1.807) is 0 Å². The van der Waals surface area contributed by atoms with Crippen molar-refractivity contribution in [2.75, 3.05) is 0 Å². The summed E-state index contributed by atoms with van der Waals surface area (Å²) in [6.07, 6.45) is 2.39. The average molecular weight is 226 g/mol. The van der Waals surface area contributed by atoms with E-state index < -0.39 is 10.1 Å². The number of phenols is 1. The molecule has 0 amide bonds. The summed E-state index contributed by atoms with van der Waals surface area (Å²) in [7, 11) is -4.34. The van der Waals surface area contributed by atoms with Crippen molar-refractivity contribution in [1.82, 2.24) is 9.97 Å². The first-order valence-corrected chi connectivity index (χ1v) is 5.33. The number of aromatic hydroxyl groups is 1. The van der Waals surface area contributed by atoms with Gasteiger partial charge in [0.05, 0.1) is 0 Å².